The SMILES string of the molecule is CCOC(=O)C1CCN(C(=O)CN(C)c2nc3c(F)cccc3s2)CC1. The van der Waals surface area contributed by atoms with Gasteiger partial charge in [-0.2, -0.15) is 0 Å². The number of piperidine rings is 1. The number of rotatable bonds is 5. The molecule has 0 spiro atoms. The predicted octanol–water partition coefficient (Wildman–Crippen LogP) is 2.67. The number of amides is 1. The molecule has 2 heterocycles. The first-order valence-corrected chi connectivity index (χ1v) is 9.51. The summed E-state index contributed by atoms with van der Waals surface area (Å²) in [6.45, 7) is 3.44. The number of nitrogens with zero attached hydrogens (tertiary/aromatic N) is 3. The van der Waals surface area contributed by atoms with Crippen LogP contribution in [0.3, 0.4) is 0 Å². The second-order valence-corrected chi connectivity index (χ2v) is 7.36. The van der Waals surface area contributed by atoms with Gasteiger partial charge in [0.15, 0.2) is 5.13 Å². The molecule has 0 radical (unpaired) electrons. The van der Waals surface area contributed by atoms with Crippen LogP contribution in [0.5, 0.6) is 0 Å². The van der Waals surface area contributed by atoms with Crippen LogP contribution in [-0.4, -0.2) is 55.0 Å². The summed E-state index contributed by atoms with van der Waals surface area (Å²) in [4.78, 5) is 32.1. The summed E-state index contributed by atoms with van der Waals surface area (Å²) in [7, 11) is 1.78. The molecule has 0 bridgehead atoms. The predicted molar refractivity (Wildman–Crippen MR) is 98.8 cm³/mol. The average molecular weight is 379 g/mol. The standard InChI is InChI=1S/C18H22FN3O3S/c1-3-25-17(24)12-7-9-22(10-8-12)15(23)11-21(2)18-20-16-13(19)5-4-6-14(16)26-18/h4-6,12H,3,7-11H2,1-2H3. The molecule has 1 aromatic carbocycles. The minimum atomic E-state index is -0.356. The lowest BCUT2D eigenvalue weighted by Gasteiger charge is -2.32. The van der Waals surface area contributed by atoms with E-state index in [1.807, 2.05) is 6.07 Å². The van der Waals surface area contributed by atoms with E-state index >= 15 is 0 Å². The van der Waals surface area contributed by atoms with Gasteiger partial charge in [-0.05, 0) is 31.9 Å². The van der Waals surface area contributed by atoms with Crippen molar-refractivity contribution < 1.29 is 18.7 Å². The second-order valence-electron chi connectivity index (χ2n) is 6.35. The molecule has 0 unspecified atom stereocenters. The number of thiazole rings is 1. The highest BCUT2D eigenvalue weighted by atomic mass is 32.1. The number of carbonyl (C=O) groups excluding carboxylic acids is 2. The molecule has 2 aromatic rings. The molecular formula is C18H22FN3O3S. The van der Waals surface area contributed by atoms with Crippen LogP contribution in [0, 0.1) is 11.7 Å². The van der Waals surface area contributed by atoms with Gasteiger partial charge >= 0.3 is 5.97 Å². The number of halogens is 1. The zero-order valence-corrected chi connectivity index (χ0v) is 15.7. The van der Waals surface area contributed by atoms with Gasteiger partial charge in [0.25, 0.3) is 0 Å². The molecule has 0 N–H and O–H groups in total. The van der Waals surface area contributed by atoms with Crippen molar-refractivity contribution >= 4 is 38.6 Å². The Morgan fingerprint density at radius 2 is 2.12 bits per heavy atom. The van der Waals surface area contributed by atoms with Gasteiger partial charge in [-0.25, -0.2) is 9.37 Å². The highest BCUT2D eigenvalue weighted by molar-refractivity contribution is 7.22. The normalized spacial score (nSPS) is 15.3. The van der Waals surface area contributed by atoms with Crippen molar-refractivity contribution in [2.24, 2.45) is 5.92 Å². The lowest BCUT2D eigenvalue weighted by molar-refractivity contribution is -0.151. The smallest absolute Gasteiger partial charge is 0.309 e. The summed E-state index contributed by atoms with van der Waals surface area (Å²) in [5.41, 5.74) is 0.335. The fraction of sp³-hybridized carbons (Fsp3) is 0.500. The molecule has 6 nitrogen and oxygen atoms in total. The molecule has 1 amide bonds. The Morgan fingerprint density at radius 1 is 1.38 bits per heavy atom. The molecule has 0 aliphatic carbocycles. The van der Waals surface area contributed by atoms with Crippen molar-refractivity contribution in [3.05, 3.63) is 24.0 Å². The molecule has 1 aliphatic heterocycles. The van der Waals surface area contributed by atoms with Gasteiger partial charge in [0.2, 0.25) is 5.91 Å². The number of aromatic nitrogens is 1. The van der Waals surface area contributed by atoms with Crippen molar-refractivity contribution in [1.82, 2.24) is 9.88 Å². The number of carbonyl (C=O) groups is 2. The Morgan fingerprint density at radius 3 is 2.77 bits per heavy atom. The van der Waals surface area contributed by atoms with E-state index < -0.39 is 0 Å². The van der Waals surface area contributed by atoms with Crippen molar-refractivity contribution in [1.29, 1.82) is 0 Å². The zero-order chi connectivity index (χ0) is 18.7. The Hall–Kier alpha value is -2.22. The average Bonchev–Trinajstić information content (AvgIpc) is 3.08. The third-order valence-electron chi connectivity index (χ3n) is 4.53. The topological polar surface area (TPSA) is 62.7 Å². The Balaban J connectivity index is 1.57. The van der Waals surface area contributed by atoms with Gasteiger partial charge in [0.05, 0.1) is 23.8 Å². The number of fused-ring (bicyclic) bond motifs is 1. The van der Waals surface area contributed by atoms with Crippen LogP contribution in [0.4, 0.5) is 9.52 Å². The van der Waals surface area contributed by atoms with Crippen LogP contribution < -0.4 is 4.90 Å². The number of esters is 1. The molecule has 3 rings (SSSR count). The van der Waals surface area contributed by atoms with Gasteiger partial charge in [-0.1, -0.05) is 17.4 Å². The summed E-state index contributed by atoms with van der Waals surface area (Å²) in [5, 5.41) is 0.611. The number of para-hydroxylation sites is 1. The number of likely N-dealkylation sites (N-methyl/N-ethyl adjacent to an activating group) is 1. The third-order valence-corrected chi connectivity index (χ3v) is 5.66. The van der Waals surface area contributed by atoms with Gasteiger partial charge in [-0.15, -0.1) is 0 Å². The minimum absolute atomic E-state index is 0.0189. The first-order valence-electron chi connectivity index (χ1n) is 8.70. The number of benzene rings is 1. The molecule has 1 aliphatic rings. The van der Waals surface area contributed by atoms with Crippen molar-refractivity contribution in [3.63, 3.8) is 0 Å². The van der Waals surface area contributed by atoms with Crippen molar-refractivity contribution in [2.75, 3.05) is 38.2 Å². The van der Waals surface area contributed by atoms with Crippen molar-refractivity contribution in [3.8, 4) is 0 Å². The fourth-order valence-corrected chi connectivity index (χ4v) is 4.00. The molecular weight excluding hydrogens is 357 g/mol. The van der Waals surface area contributed by atoms with E-state index in [0.29, 0.717) is 43.2 Å². The summed E-state index contributed by atoms with van der Waals surface area (Å²) >= 11 is 1.36. The van der Waals surface area contributed by atoms with Crippen LogP contribution in [0.1, 0.15) is 19.8 Å². The lowest BCUT2D eigenvalue weighted by Crippen LogP contribution is -2.44. The summed E-state index contributed by atoms with van der Waals surface area (Å²) < 4.78 is 19.6. The highest BCUT2D eigenvalue weighted by Gasteiger charge is 2.28. The van der Waals surface area contributed by atoms with Crippen LogP contribution in [0.25, 0.3) is 10.2 Å². The Kier molecular flexibility index (Phi) is 5.70. The maximum atomic E-state index is 13.8. The van der Waals surface area contributed by atoms with Crippen LogP contribution in [0.2, 0.25) is 0 Å². The number of ether oxygens (including phenoxy) is 1. The third kappa shape index (κ3) is 3.95. The highest BCUT2D eigenvalue weighted by Crippen LogP contribution is 2.29. The van der Waals surface area contributed by atoms with Gasteiger partial charge in [0, 0.05) is 20.1 Å². The van der Waals surface area contributed by atoms with Gasteiger partial charge in [-0.3, -0.25) is 9.59 Å². The monoisotopic (exact) mass is 379 g/mol. The van der Waals surface area contributed by atoms with Crippen LogP contribution in [0.15, 0.2) is 18.2 Å². The molecule has 1 fully saturated rings. The Labute approximate surface area is 155 Å². The van der Waals surface area contributed by atoms with Crippen LogP contribution in [-0.2, 0) is 14.3 Å². The minimum Gasteiger partial charge on any atom is -0.466 e. The number of anilines is 1. The summed E-state index contributed by atoms with van der Waals surface area (Å²) in [5.74, 6) is -0.669. The van der Waals surface area contributed by atoms with E-state index in [2.05, 4.69) is 4.98 Å². The first-order chi connectivity index (χ1) is 12.5. The molecule has 8 heteroatoms. The van der Waals surface area contributed by atoms with Crippen LogP contribution >= 0.6 is 11.3 Å². The molecule has 140 valence electrons. The Bertz CT molecular complexity index is 802. The molecule has 0 atom stereocenters. The summed E-state index contributed by atoms with van der Waals surface area (Å²) in [6.07, 6.45) is 1.25. The number of likely N-dealkylation sites (tertiary alicyclic amines) is 1. The largest absolute Gasteiger partial charge is 0.466 e. The maximum Gasteiger partial charge on any atom is 0.309 e. The number of hydrogen-bond acceptors (Lipinski definition) is 6. The maximum absolute atomic E-state index is 13.8. The quantitative estimate of drug-likeness (QED) is 0.748. The van der Waals surface area contributed by atoms with E-state index in [1.165, 1.54) is 17.4 Å². The second kappa shape index (κ2) is 7.99. The molecule has 0 saturated carbocycles. The van der Waals surface area contributed by atoms with E-state index in [-0.39, 0.29) is 30.2 Å². The van der Waals surface area contributed by atoms with Gasteiger partial charge in [0.1, 0.15) is 11.3 Å². The van der Waals surface area contributed by atoms with E-state index in [9.17, 15) is 14.0 Å². The summed E-state index contributed by atoms with van der Waals surface area (Å²) in [6, 6.07) is 4.85. The fourth-order valence-electron chi connectivity index (χ4n) is 3.06. The van der Waals surface area contributed by atoms with E-state index in [1.54, 1.807) is 29.8 Å². The van der Waals surface area contributed by atoms with Crippen molar-refractivity contribution in [2.45, 2.75) is 19.8 Å². The van der Waals surface area contributed by atoms with E-state index in [0.717, 1.165) is 4.70 Å². The lowest BCUT2D eigenvalue weighted by atomic mass is 9.97. The molecule has 26 heavy (non-hydrogen) atoms. The van der Waals surface area contributed by atoms with E-state index in [4.69, 9.17) is 4.74 Å². The number of hydrogen-bond donors (Lipinski definition) is 0. The first kappa shape index (κ1) is 18.6. The van der Waals surface area contributed by atoms with Gasteiger partial charge < -0.3 is 14.5 Å². The molecule has 1 aromatic heterocycles. The molecule has 1 saturated heterocycles. The zero-order valence-electron chi connectivity index (χ0n) is 14.9.